The Labute approximate surface area is 90.0 Å². The van der Waals surface area contributed by atoms with E-state index in [-0.39, 0.29) is 0 Å². The van der Waals surface area contributed by atoms with Crippen LogP contribution >= 0.6 is 0 Å². The summed E-state index contributed by atoms with van der Waals surface area (Å²) in [5.41, 5.74) is 5.41. The highest BCUT2D eigenvalue weighted by molar-refractivity contribution is 5.38. The molecule has 84 valence electrons. The van der Waals surface area contributed by atoms with Crippen LogP contribution in [0.2, 0.25) is 0 Å². The summed E-state index contributed by atoms with van der Waals surface area (Å²) in [5, 5.41) is 10.7. The van der Waals surface area contributed by atoms with Crippen molar-refractivity contribution >= 4 is 11.6 Å². The van der Waals surface area contributed by atoms with E-state index in [0.29, 0.717) is 12.4 Å². The molecular weight excluding hydrogens is 192 g/mol. The number of rotatable bonds is 7. The Kier molecular flexibility index (Phi) is 5.47. The van der Waals surface area contributed by atoms with Crippen LogP contribution in [0.1, 0.15) is 19.8 Å². The largest absolute Gasteiger partial charge is 0.382 e. The molecule has 0 saturated heterocycles. The molecule has 1 aromatic heterocycles. The third kappa shape index (κ3) is 5.17. The fourth-order valence-electron chi connectivity index (χ4n) is 1.04. The molecule has 0 aliphatic carbocycles. The highest BCUT2D eigenvalue weighted by Crippen LogP contribution is 2.01. The van der Waals surface area contributed by atoms with E-state index in [1.165, 1.54) is 0 Å². The summed E-state index contributed by atoms with van der Waals surface area (Å²) in [6.45, 7) is 4.39. The molecule has 5 heteroatoms. The lowest BCUT2D eigenvalue weighted by molar-refractivity contribution is 0.141. The van der Waals surface area contributed by atoms with Crippen LogP contribution in [0.4, 0.5) is 11.6 Å². The number of nitrogens with one attached hydrogen (secondary N) is 1. The van der Waals surface area contributed by atoms with Crippen molar-refractivity contribution in [1.82, 2.24) is 10.2 Å². The van der Waals surface area contributed by atoms with Gasteiger partial charge in [0.25, 0.3) is 0 Å². The zero-order valence-corrected chi connectivity index (χ0v) is 9.07. The molecule has 0 atom stereocenters. The van der Waals surface area contributed by atoms with Gasteiger partial charge in [0, 0.05) is 13.2 Å². The third-order valence-electron chi connectivity index (χ3n) is 1.88. The van der Waals surface area contributed by atoms with Crippen molar-refractivity contribution in [3.63, 3.8) is 0 Å². The Hall–Kier alpha value is -1.36. The summed E-state index contributed by atoms with van der Waals surface area (Å²) >= 11 is 0. The van der Waals surface area contributed by atoms with Crippen LogP contribution < -0.4 is 11.1 Å². The lowest BCUT2D eigenvalue weighted by Gasteiger charge is -2.05. The lowest BCUT2D eigenvalue weighted by Crippen LogP contribution is -2.11. The predicted molar refractivity (Wildman–Crippen MR) is 60.7 cm³/mol. The van der Waals surface area contributed by atoms with Crippen LogP contribution in [-0.4, -0.2) is 30.0 Å². The van der Waals surface area contributed by atoms with E-state index in [2.05, 4.69) is 22.4 Å². The Bertz CT molecular complexity index is 263. The standard InChI is InChI=1S/C10H18N4O/c1-2-3-7-15-8-6-12-10-5-4-9(11)13-14-10/h4-5H,2-3,6-8H2,1H3,(H2,11,13)(H,12,14). The van der Waals surface area contributed by atoms with E-state index in [4.69, 9.17) is 10.5 Å². The van der Waals surface area contributed by atoms with Crippen molar-refractivity contribution in [2.45, 2.75) is 19.8 Å². The van der Waals surface area contributed by atoms with Gasteiger partial charge in [0.1, 0.15) is 11.6 Å². The highest BCUT2D eigenvalue weighted by atomic mass is 16.5. The van der Waals surface area contributed by atoms with Gasteiger partial charge in [-0.15, -0.1) is 10.2 Å². The average Bonchev–Trinajstić information content (AvgIpc) is 2.26. The number of hydrogen-bond donors (Lipinski definition) is 2. The molecule has 0 aliphatic rings. The number of nitrogens with zero attached hydrogens (tertiary/aromatic N) is 2. The van der Waals surface area contributed by atoms with Gasteiger partial charge >= 0.3 is 0 Å². The van der Waals surface area contributed by atoms with Crippen LogP contribution in [0.5, 0.6) is 0 Å². The molecule has 1 heterocycles. The van der Waals surface area contributed by atoms with Gasteiger partial charge in [0.2, 0.25) is 0 Å². The smallest absolute Gasteiger partial charge is 0.148 e. The maximum absolute atomic E-state index is 5.41. The van der Waals surface area contributed by atoms with Crippen LogP contribution in [0.3, 0.4) is 0 Å². The number of aromatic nitrogens is 2. The molecule has 1 rings (SSSR count). The van der Waals surface area contributed by atoms with Gasteiger partial charge in [-0.2, -0.15) is 0 Å². The second kappa shape index (κ2) is 7.00. The minimum Gasteiger partial charge on any atom is -0.382 e. The molecule has 0 bridgehead atoms. The Balaban J connectivity index is 2.07. The Morgan fingerprint density at radius 3 is 2.87 bits per heavy atom. The number of anilines is 2. The van der Waals surface area contributed by atoms with Gasteiger partial charge in [0.05, 0.1) is 6.61 Å². The first-order valence-electron chi connectivity index (χ1n) is 5.23. The molecule has 0 spiro atoms. The number of nitrogens with two attached hydrogens (primary N) is 1. The lowest BCUT2D eigenvalue weighted by atomic mass is 10.4. The fourth-order valence-corrected chi connectivity index (χ4v) is 1.04. The van der Waals surface area contributed by atoms with Crippen molar-refractivity contribution in [3.05, 3.63) is 12.1 Å². The molecule has 0 fully saturated rings. The van der Waals surface area contributed by atoms with Crippen LogP contribution in [-0.2, 0) is 4.74 Å². The minimum absolute atomic E-state index is 0.430. The van der Waals surface area contributed by atoms with E-state index < -0.39 is 0 Å². The number of hydrogen-bond acceptors (Lipinski definition) is 5. The van der Waals surface area contributed by atoms with Crippen molar-refractivity contribution in [3.8, 4) is 0 Å². The van der Waals surface area contributed by atoms with E-state index in [9.17, 15) is 0 Å². The first-order valence-corrected chi connectivity index (χ1v) is 5.23. The predicted octanol–water partition coefficient (Wildman–Crippen LogP) is 1.29. The Morgan fingerprint density at radius 1 is 1.33 bits per heavy atom. The number of nitrogen functional groups attached to an aromatic ring is 1. The third-order valence-corrected chi connectivity index (χ3v) is 1.88. The van der Waals surface area contributed by atoms with Gasteiger partial charge in [-0.05, 0) is 18.6 Å². The molecule has 1 aromatic rings. The minimum atomic E-state index is 0.430. The van der Waals surface area contributed by atoms with Gasteiger partial charge in [0.15, 0.2) is 0 Å². The van der Waals surface area contributed by atoms with Crippen LogP contribution in [0.25, 0.3) is 0 Å². The van der Waals surface area contributed by atoms with Crippen molar-refractivity contribution < 1.29 is 4.74 Å². The summed E-state index contributed by atoms with van der Waals surface area (Å²) in [7, 11) is 0. The van der Waals surface area contributed by atoms with Crippen molar-refractivity contribution in [1.29, 1.82) is 0 Å². The monoisotopic (exact) mass is 210 g/mol. The molecule has 3 N–H and O–H groups in total. The molecule has 5 nitrogen and oxygen atoms in total. The average molecular weight is 210 g/mol. The molecule has 0 aromatic carbocycles. The van der Waals surface area contributed by atoms with E-state index in [0.717, 1.165) is 31.8 Å². The summed E-state index contributed by atoms with van der Waals surface area (Å²) < 4.78 is 5.38. The zero-order chi connectivity index (χ0) is 10.9. The maximum Gasteiger partial charge on any atom is 0.148 e. The van der Waals surface area contributed by atoms with Gasteiger partial charge in [-0.25, -0.2) is 0 Å². The van der Waals surface area contributed by atoms with Crippen LogP contribution in [0, 0.1) is 0 Å². The molecule has 0 amide bonds. The van der Waals surface area contributed by atoms with E-state index in [1.807, 2.05) is 0 Å². The van der Waals surface area contributed by atoms with E-state index >= 15 is 0 Å². The van der Waals surface area contributed by atoms with Crippen LogP contribution in [0.15, 0.2) is 12.1 Å². The first kappa shape index (κ1) is 11.7. The quantitative estimate of drug-likeness (QED) is 0.663. The molecular formula is C10H18N4O. The van der Waals surface area contributed by atoms with Crippen molar-refractivity contribution in [2.24, 2.45) is 0 Å². The SMILES string of the molecule is CCCCOCCNc1ccc(N)nn1. The normalized spacial score (nSPS) is 10.2. The topological polar surface area (TPSA) is 73.1 Å². The first-order chi connectivity index (χ1) is 7.33. The summed E-state index contributed by atoms with van der Waals surface area (Å²) in [6.07, 6.45) is 2.28. The summed E-state index contributed by atoms with van der Waals surface area (Å²) in [4.78, 5) is 0. The highest BCUT2D eigenvalue weighted by Gasteiger charge is 1.93. The van der Waals surface area contributed by atoms with E-state index in [1.54, 1.807) is 12.1 Å². The van der Waals surface area contributed by atoms with Gasteiger partial charge in [-0.1, -0.05) is 13.3 Å². The molecule has 0 saturated carbocycles. The van der Waals surface area contributed by atoms with Gasteiger partial charge in [-0.3, -0.25) is 0 Å². The zero-order valence-electron chi connectivity index (χ0n) is 9.07. The number of unbranched alkanes of at least 4 members (excludes halogenated alkanes) is 1. The second-order valence-electron chi connectivity index (χ2n) is 3.24. The molecule has 15 heavy (non-hydrogen) atoms. The molecule has 0 unspecified atom stereocenters. The summed E-state index contributed by atoms with van der Waals surface area (Å²) in [6, 6.07) is 3.52. The molecule has 0 aliphatic heterocycles. The second-order valence-corrected chi connectivity index (χ2v) is 3.24. The number of ether oxygens (including phenoxy) is 1. The maximum atomic E-state index is 5.41. The van der Waals surface area contributed by atoms with Gasteiger partial charge < -0.3 is 15.8 Å². The molecule has 0 radical (unpaired) electrons. The Morgan fingerprint density at radius 2 is 2.20 bits per heavy atom. The fraction of sp³-hybridized carbons (Fsp3) is 0.600. The van der Waals surface area contributed by atoms with Crippen molar-refractivity contribution in [2.75, 3.05) is 30.8 Å². The summed E-state index contributed by atoms with van der Waals surface area (Å²) in [5.74, 6) is 1.16.